The van der Waals surface area contributed by atoms with Crippen molar-refractivity contribution in [1.29, 1.82) is 0 Å². The standard InChI is InChI=1S/C42H64N4O5/c1-27(2)18-34(25-44-16-9-10-17-44)45(24-32-14-7-8-15-37(32)49)22-30-12-11-13-31(19-30)23-46-40(39(29(4)48)38(26-47)51-46)41(50)43-36-21-33-20-35(28(36)3)42(33,5)6/h7-8,11-15,19,27-29,33-36,38-40,47-49H,9-10,16-18,20-26H2,1-6H3,(H,43,50)/t28-,29-,33+,34-,35-,36-,38-,39+,40-/m0/s1. The van der Waals surface area contributed by atoms with E-state index in [2.05, 4.69) is 74.0 Å². The predicted octanol–water partition coefficient (Wildman–Crippen LogP) is 5.57. The average molecular weight is 705 g/mol. The van der Waals surface area contributed by atoms with E-state index in [9.17, 15) is 20.1 Å². The highest BCUT2D eigenvalue weighted by atomic mass is 16.7. The van der Waals surface area contributed by atoms with Crippen molar-refractivity contribution in [3.05, 3.63) is 65.2 Å². The van der Waals surface area contributed by atoms with Crippen LogP contribution in [0.25, 0.3) is 0 Å². The fraction of sp³-hybridized carbons (Fsp3) is 0.690. The van der Waals surface area contributed by atoms with Gasteiger partial charge in [0.1, 0.15) is 17.9 Å². The van der Waals surface area contributed by atoms with Crippen LogP contribution in [0, 0.1) is 35.0 Å². The maximum Gasteiger partial charge on any atom is 0.240 e. The van der Waals surface area contributed by atoms with Crippen LogP contribution in [-0.2, 0) is 29.3 Å². The van der Waals surface area contributed by atoms with Gasteiger partial charge in [-0.1, -0.05) is 77.1 Å². The number of carbonyl (C=O) groups excluding carboxylic acids is 1. The number of nitrogens with zero attached hydrogens (tertiary/aromatic N) is 3. The molecule has 9 heteroatoms. The van der Waals surface area contributed by atoms with E-state index in [0.29, 0.717) is 60.5 Å². The van der Waals surface area contributed by atoms with Gasteiger partial charge in [0, 0.05) is 43.2 Å². The van der Waals surface area contributed by atoms with Gasteiger partial charge >= 0.3 is 0 Å². The lowest BCUT2D eigenvalue weighted by Gasteiger charge is -2.62. The summed E-state index contributed by atoms with van der Waals surface area (Å²) in [6.07, 6.45) is 4.27. The molecule has 2 aliphatic heterocycles. The van der Waals surface area contributed by atoms with Crippen LogP contribution in [0.3, 0.4) is 0 Å². The maximum atomic E-state index is 14.2. The molecule has 0 spiro atoms. The minimum Gasteiger partial charge on any atom is -0.508 e. The zero-order valence-corrected chi connectivity index (χ0v) is 31.9. The highest BCUT2D eigenvalue weighted by Gasteiger charge is 2.57. The van der Waals surface area contributed by atoms with E-state index in [1.165, 1.54) is 19.3 Å². The first kappa shape index (κ1) is 38.2. The highest BCUT2D eigenvalue weighted by Crippen LogP contribution is 2.61. The molecular formula is C42H64N4O5. The van der Waals surface area contributed by atoms with Crippen LogP contribution in [0.5, 0.6) is 5.75 Å². The molecule has 3 aliphatic carbocycles. The summed E-state index contributed by atoms with van der Waals surface area (Å²) in [5.74, 6) is 1.76. The number of aliphatic hydroxyl groups is 2. The molecule has 0 aromatic heterocycles. The molecule has 5 fully saturated rings. The third-order valence-electron chi connectivity index (χ3n) is 13.1. The van der Waals surface area contributed by atoms with Crippen molar-refractivity contribution in [3.63, 3.8) is 0 Å². The molecule has 5 aliphatic rings. The van der Waals surface area contributed by atoms with Crippen LogP contribution in [0.1, 0.15) is 90.3 Å². The molecule has 2 aromatic carbocycles. The molecular weight excluding hydrogens is 640 g/mol. The summed E-state index contributed by atoms with van der Waals surface area (Å²) in [7, 11) is 0. The van der Waals surface area contributed by atoms with Gasteiger partial charge in [-0.3, -0.25) is 14.5 Å². The number of para-hydroxylation sites is 1. The number of hydrogen-bond donors (Lipinski definition) is 4. The SMILES string of the molecule is CC(C)C[C@@H](CN1CCCC1)N(Cc1cccc(CN2O[C@@H](CO)[C@@H]([C@H](C)O)[C@H]2C(=O)N[C@H]2C[C@H]3C[C@@H]([C@@H]2C)C3(C)C)c1)Cc1ccccc1O. The summed E-state index contributed by atoms with van der Waals surface area (Å²) in [6, 6.07) is 15.8. The van der Waals surface area contributed by atoms with Gasteiger partial charge in [0.2, 0.25) is 5.91 Å². The van der Waals surface area contributed by atoms with E-state index in [4.69, 9.17) is 4.84 Å². The first-order valence-corrected chi connectivity index (χ1v) is 19.7. The van der Waals surface area contributed by atoms with Gasteiger partial charge in [-0.2, -0.15) is 5.06 Å². The van der Waals surface area contributed by atoms with Crippen molar-refractivity contribution in [2.45, 2.75) is 124 Å². The number of hydrogen-bond acceptors (Lipinski definition) is 8. The molecule has 9 nitrogen and oxygen atoms in total. The molecule has 2 saturated heterocycles. The first-order chi connectivity index (χ1) is 24.3. The van der Waals surface area contributed by atoms with E-state index in [1.54, 1.807) is 18.1 Å². The molecule has 3 saturated carbocycles. The van der Waals surface area contributed by atoms with Crippen molar-refractivity contribution in [3.8, 4) is 5.75 Å². The van der Waals surface area contributed by atoms with Gasteiger partial charge in [-0.25, -0.2) is 0 Å². The van der Waals surface area contributed by atoms with Crippen LogP contribution in [0.2, 0.25) is 0 Å². The van der Waals surface area contributed by atoms with E-state index >= 15 is 0 Å². The van der Waals surface area contributed by atoms with E-state index in [0.717, 1.165) is 49.2 Å². The molecule has 282 valence electrons. The minimum atomic E-state index is -0.832. The number of benzene rings is 2. The number of carbonyl (C=O) groups is 1. The minimum absolute atomic E-state index is 0.0941. The van der Waals surface area contributed by atoms with Gasteiger partial charge in [0.25, 0.3) is 0 Å². The van der Waals surface area contributed by atoms with Gasteiger partial charge < -0.3 is 25.5 Å². The number of aliphatic hydroxyl groups excluding tert-OH is 2. The van der Waals surface area contributed by atoms with Gasteiger partial charge in [-0.15, -0.1) is 0 Å². The molecule has 2 bridgehead atoms. The zero-order valence-electron chi connectivity index (χ0n) is 31.9. The van der Waals surface area contributed by atoms with Crippen LogP contribution in [0.15, 0.2) is 48.5 Å². The fourth-order valence-electron chi connectivity index (χ4n) is 10.0. The Kier molecular flexibility index (Phi) is 12.2. The number of fused-ring (bicyclic) bond motifs is 2. The lowest BCUT2D eigenvalue weighted by atomic mass is 9.45. The van der Waals surface area contributed by atoms with Crippen LogP contribution in [0.4, 0.5) is 0 Å². The smallest absolute Gasteiger partial charge is 0.240 e. The number of aromatic hydroxyl groups is 1. The van der Waals surface area contributed by atoms with Crippen LogP contribution in [-0.4, -0.2) is 92.7 Å². The third-order valence-corrected chi connectivity index (χ3v) is 13.1. The number of rotatable bonds is 15. The molecule has 2 heterocycles. The molecule has 0 unspecified atom stereocenters. The Morgan fingerprint density at radius 2 is 1.76 bits per heavy atom. The van der Waals surface area contributed by atoms with Gasteiger partial charge in [-0.05, 0) is 98.4 Å². The Morgan fingerprint density at radius 1 is 1.04 bits per heavy atom. The average Bonchev–Trinajstić information content (AvgIpc) is 3.73. The van der Waals surface area contributed by atoms with Crippen LogP contribution < -0.4 is 5.32 Å². The summed E-state index contributed by atoms with van der Waals surface area (Å²) in [4.78, 5) is 25.6. The molecule has 4 N–H and O–H groups in total. The summed E-state index contributed by atoms with van der Waals surface area (Å²) in [5, 5.41) is 37.1. The van der Waals surface area contributed by atoms with Gasteiger partial charge in [0.15, 0.2) is 0 Å². The second kappa shape index (κ2) is 16.2. The Balaban J connectivity index is 1.22. The van der Waals surface area contributed by atoms with Crippen molar-refractivity contribution < 1.29 is 25.0 Å². The van der Waals surface area contributed by atoms with E-state index in [1.807, 2.05) is 18.2 Å². The van der Waals surface area contributed by atoms with Crippen molar-refractivity contribution in [2.75, 3.05) is 26.2 Å². The summed E-state index contributed by atoms with van der Waals surface area (Å²) >= 11 is 0. The molecule has 7 rings (SSSR count). The predicted molar refractivity (Wildman–Crippen MR) is 200 cm³/mol. The largest absolute Gasteiger partial charge is 0.508 e. The monoisotopic (exact) mass is 704 g/mol. The second-order valence-corrected chi connectivity index (χ2v) is 17.4. The second-order valence-electron chi connectivity index (χ2n) is 17.4. The Morgan fingerprint density at radius 3 is 2.41 bits per heavy atom. The van der Waals surface area contributed by atoms with Crippen molar-refractivity contribution in [2.24, 2.45) is 35.0 Å². The lowest BCUT2D eigenvalue weighted by Crippen LogP contribution is -2.62. The summed E-state index contributed by atoms with van der Waals surface area (Å²) in [6.45, 7) is 18.0. The van der Waals surface area contributed by atoms with Crippen LogP contribution >= 0.6 is 0 Å². The topological polar surface area (TPSA) is 109 Å². The Bertz CT molecular complexity index is 1460. The maximum absolute atomic E-state index is 14.2. The summed E-state index contributed by atoms with van der Waals surface area (Å²) < 4.78 is 0. The quantitative estimate of drug-likeness (QED) is 0.191. The molecule has 51 heavy (non-hydrogen) atoms. The Hall–Kier alpha value is -2.53. The van der Waals surface area contributed by atoms with E-state index < -0.39 is 24.2 Å². The first-order valence-electron chi connectivity index (χ1n) is 19.7. The molecule has 2 aromatic rings. The molecule has 0 radical (unpaired) electrons. The third kappa shape index (κ3) is 8.50. The number of amides is 1. The molecule has 1 amide bonds. The fourth-order valence-corrected chi connectivity index (χ4v) is 10.0. The zero-order chi connectivity index (χ0) is 36.4. The number of phenols is 1. The lowest BCUT2D eigenvalue weighted by molar-refractivity contribution is -0.183. The van der Waals surface area contributed by atoms with Gasteiger partial charge in [0.05, 0.1) is 19.3 Å². The number of phenolic OH excluding ortho intramolecular Hbond substituents is 1. The normalized spacial score (nSPS) is 30.4. The Labute approximate surface area is 306 Å². The van der Waals surface area contributed by atoms with Crippen molar-refractivity contribution >= 4 is 5.91 Å². The summed E-state index contributed by atoms with van der Waals surface area (Å²) in [5.41, 5.74) is 3.40. The highest BCUT2D eigenvalue weighted by molar-refractivity contribution is 5.82. The van der Waals surface area contributed by atoms with Crippen molar-refractivity contribution in [1.82, 2.24) is 20.2 Å². The van der Waals surface area contributed by atoms with E-state index in [-0.39, 0.29) is 18.6 Å². The number of hydroxylamine groups is 2. The number of likely N-dealkylation sites (tertiary alicyclic amines) is 1. The number of nitrogens with one attached hydrogen (secondary N) is 1. The molecule has 9 atom stereocenters.